The standard InChI is InChI=1S/C12H23N5/c1-4-17-12(14-9-15-17)8-16-6-5-13-7-11(16)10(2)3/h9-11,13H,4-8H2,1-3H3. The fourth-order valence-electron chi connectivity index (χ4n) is 2.48. The van der Waals surface area contributed by atoms with Gasteiger partial charge in [-0.25, -0.2) is 9.67 Å². The van der Waals surface area contributed by atoms with Crippen LogP contribution in [0, 0.1) is 5.92 Å². The van der Waals surface area contributed by atoms with Crippen molar-refractivity contribution in [2.45, 2.75) is 39.9 Å². The largest absolute Gasteiger partial charge is 0.314 e. The molecule has 0 radical (unpaired) electrons. The highest BCUT2D eigenvalue weighted by atomic mass is 15.4. The molecular weight excluding hydrogens is 214 g/mol. The lowest BCUT2D eigenvalue weighted by Crippen LogP contribution is -2.53. The van der Waals surface area contributed by atoms with Gasteiger partial charge < -0.3 is 5.32 Å². The first-order valence-corrected chi connectivity index (χ1v) is 6.53. The van der Waals surface area contributed by atoms with E-state index < -0.39 is 0 Å². The third-order valence-electron chi connectivity index (χ3n) is 3.51. The van der Waals surface area contributed by atoms with Gasteiger partial charge in [0.25, 0.3) is 0 Å². The Balaban J connectivity index is 2.05. The number of nitrogens with zero attached hydrogens (tertiary/aromatic N) is 4. The van der Waals surface area contributed by atoms with Crippen LogP contribution in [0.3, 0.4) is 0 Å². The van der Waals surface area contributed by atoms with E-state index >= 15 is 0 Å². The molecule has 0 bridgehead atoms. The first kappa shape index (κ1) is 12.5. The number of hydrogen-bond donors (Lipinski definition) is 1. The van der Waals surface area contributed by atoms with Crippen molar-refractivity contribution in [2.75, 3.05) is 19.6 Å². The Morgan fingerprint density at radius 1 is 1.53 bits per heavy atom. The Labute approximate surface area is 103 Å². The molecule has 1 aliphatic rings. The van der Waals surface area contributed by atoms with Crippen LogP contribution in [0.5, 0.6) is 0 Å². The fraction of sp³-hybridized carbons (Fsp3) is 0.833. The Hall–Kier alpha value is -0.940. The van der Waals surface area contributed by atoms with Gasteiger partial charge in [0.2, 0.25) is 0 Å². The van der Waals surface area contributed by atoms with Gasteiger partial charge in [-0.1, -0.05) is 13.8 Å². The van der Waals surface area contributed by atoms with Gasteiger partial charge in [-0.3, -0.25) is 4.90 Å². The summed E-state index contributed by atoms with van der Waals surface area (Å²) < 4.78 is 1.99. The van der Waals surface area contributed by atoms with Crippen molar-refractivity contribution >= 4 is 0 Å². The van der Waals surface area contributed by atoms with Crippen molar-refractivity contribution in [3.63, 3.8) is 0 Å². The van der Waals surface area contributed by atoms with E-state index in [9.17, 15) is 0 Å². The third kappa shape index (κ3) is 2.84. The van der Waals surface area contributed by atoms with Gasteiger partial charge in [0.15, 0.2) is 0 Å². The summed E-state index contributed by atoms with van der Waals surface area (Å²) in [6, 6.07) is 0.603. The molecule has 0 aliphatic carbocycles. The number of aryl methyl sites for hydroxylation is 1. The highest BCUT2D eigenvalue weighted by Gasteiger charge is 2.25. The molecule has 2 heterocycles. The summed E-state index contributed by atoms with van der Waals surface area (Å²) in [5, 5.41) is 7.70. The fourth-order valence-corrected chi connectivity index (χ4v) is 2.48. The molecule has 1 atom stereocenters. The monoisotopic (exact) mass is 237 g/mol. The highest BCUT2D eigenvalue weighted by molar-refractivity contribution is 4.90. The molecular formula is C12H23N5. The van der Waals surface area contributed by atoms with Gasteiger partial charge in [0.1, 0.15) is 12.2 Å². The van der Waals surface area contributed by atoms with Crippen LogP contribution in [-0.4, -0.2) is 45.3 Å². The Morgan fingerprint density at radius 3 is 3.06 bits per heavy atom. The van der Waals surface area contributed by atoms with Crippen LogP contribution < -0.4 is 5.32 Å². The van der Waals surface area contributed by atoms with Gasteiger partial charge in [-0.05, 0) is 12.8 Å². The van der Waals surface area contributed by atoms with Crippen LogP contribution in [0.2, 0.25) is 0 Å². The lowest BCUT2D eigenvalue weighted by atomic mass is 10.0. The van der Waals surface area contributed by atoms with Crippen molar-refractivity contribution in [3.8, 4) is 0 Å². The molecule has 1 unspecified atom stereocenters. The van der Waals surface area contributed by atoms with Crippen molar-refractivity contribution in [2.24, 2.45) is 5.92 Å². The third-order valence-corrected chi connectivity index (χ3v) is 3.51. The van der Waals surface area contributed by atoms with Gasteiger partial charge in [0.05, 0.1) is 6.54 Å². The molecule has 0 amide bonds. The first-order valence-electron chi connectivity index (χ1n) is 6.53. The second-order valence-electron chi connectivity index (χ2n) is 4.98. The maximum absolute atomic E-state index is 4.36. The molecule has 0 saturated carbocycles. The number of nitrogens with one attached hydrogen (secondary N) is 1. The zero-order valence-electron chi connectivity index (χ0n) is 11.1. The zero-order valence-corrected chi connectivity index (χ0v) is 11.1. The molecule has 5 nitrogen and oxygen atoms in total. The number of aromatic nitrogens is 3. The maximum Gasteiger partial charge on any atom is 0.141 e. The van der Waals surface area contributed by atoms with Gasteiger partial charge in [-0.15, -0.1) is 0 Å². The average Bonchev–Trinajstić information content (AvgIpc) is 2.77. The molecule has 1 aliphatic heterocycles. The second-order valence-corrected chi connectivity index (χ2v) is 4.98. The van der Waals surface area contributed by atoms with Crippen LogP contribution >= 0.6 is 0 Å². The first-order chi connectivity index (χ1) is 8.22. The van der Waals surface area contributed by atoms with E-state index in [-0.39, 0.29) is 0 Å². The average molecular weight is 237 g/mol. The normalized spacial score (nSPS) is 22.2. The van der Waals surface area contributed by atoms with Crippen LogP contribution in [-0.2, 0) is 13.1 Å². The summed E-state index contributed by atoms with van der Waals surface area (Å²) in [5.74, 6) is 1.75. The summed E-state index contributed by atoms with van der Waals surface area (Å²) in [5.41, 5.74) is 0. The van der Waals surface area contributed by atoms with E-state index in [4.69, 9.17) is 0 Å². The number of rotatable bonds is 4. The smallest absolute Gasteiger partial charge is 0.141 e. The van der Waals surface area contributed by atoms with Crippen molar-refractivity contribution in [1.82, 2.24) is 25.0 Å². The van der Waals surface area contributed by atoms with Crippen molar-refractivity contribution < 1.29 is 0 Å². The summed E-state index contributed by atoms with van der Waals surface area (Å²) in [4.78, 5) is 6.89. The molecule has 1 saturated heterocycles. The number of piperazine rings is 1. The predicted molar refractivity (Wildman–Crippen MR) is 67.6 cm³/mol. The lowest BCUT2D eigenvalue weighted by Gasteiger charge is -2.38. The molecule has 5 heteroatoms. The molecule has 0 aromatic carbocycles. The lowest BCUT2D eigenvalue weighted by molar-refractivity contribution is 0.112. The Bertz CT molecular complexity index is 346. The SMILES string of the molecule is CCn1ncnc1CN1CCNCC1C(C)C. The molecule has 1 fully saturated rings. The Kier molecular flexibility index (Phi) is 4.12. The minimum atomic E-state index is 0.603. The minimum absolute atomic E-state index is 0.603. The van der Waals surface area contributed by atoms with Gasteiger partial charge in [-0.2, -0.15) is 5.10 Å². The van der Waals surface area contributed by atoms with E-state index in [1.807, 2.05) is 4.68 Å². The minimum Gasteiger partial charge on any atom is -0.314 e. The zero-order chi connectivity index (χ0) is 12.3. The number of hydrogen-bond acceptors (Lipinski definition) is 4. The molecule has 1 N–H and O–H groups in total. The Morgan fingerprint density at radius 2 is 2.35 bits per heavy atom. The molecule has 96 valence electrons. The molecule has 1 aromatic heterocycles. The van der Waals surface area contributed by atoms with Gasteiger partial charge >= 0.3 is 0 Å². The summed E-state index contributed by atoms with van der Waals surface area (Å²) in [7, 11) is 0. The second kappa shape index (κ2) is 5.60. The summed E-state index contributed by atoms with van der Waals surface area (Å²) in [6.07, 6.45) is 1.66. The van der Waals surface area contributed by atoms with Crippen molar-refractivity contribution in [3.05, 3.63) is 12.2 Å². The maximum atomic E-state index is 4.36. The molecule has 2 rings (SSSR count). The molecule has 1 aromatic rings. The summed E-state index contributed by atoms with van der Waals surface area (Å²) in [6.45, 7) is 11.7. The van der Waals surface area contributed by atoms with E-state index in [0.717, 1.165) is 38.5 Å². The molecule has 17 heavy (non-hydrogen) atoms. The summed E-state index contributed by atoms with van der Waals surface area (Å²) >= 11 is 0. The van der Waals surface area contributed by atoms with Crippen LogP contribution in [0.4, 0.5) is 0 Å². The topological polar surface area (TPSA) is 46.0 Å². The van der Waals surface area contributed by atoms with E-state index in [1.54, 1.807) is 6.33 Å². The van der Waals surface area contributed by atoms with Crippen LogP contribution in [0.1, 0.15) is 26.6 Å². The highest BCUT2D eigenvalue weighted by Crippen LogP contribution is 2.15. The van der Waals surface area contributed by atoms with E-state index in [1.165, 1.54) is 0 Å². The van der Waals surface area contributed by atoms with Gasteiger partial charge in [0, 0.05) is 32.2 Å². The van der Waals surface area contributed by atoms with Crippen molar-refractivity contribution in [1.29, 1.82) is 0 Å². The van der Waals surface area contributed by atoms with Crippen LogP contribution in [0.25, 0.3) is 0 Å². The van der Waals surface area contributed by atoms with E-state index in [2.05, 4.69) is 41.1 Å². The quantitative estimate of drug-likeness (QED) is 0.838. The predicted octanol–water partition coefficient (Wildman–Crippen LogP) is 0.728. The van der Waals surface area contributed by atoms with E-state index in [0.29, 0.717) is 12.0 Å². The van der Waals surface area contributed by atoms with Crippen LogP contribution in [0.15, 0.2) is 6.33 Å². The molecule has 0 spiro atoms.